The highest BCUT2D eigenvalue weighted by atomic mass is 32.2. The third kappa shape index (κ3) is 3.27. The second-order valence-electron chi connectivity index (χ2n) is 7.21. The first-order chi connectivity index (χ1) is 12.9. The summed E-state index contributed by atoms with van der Waals surface area (Å²) in [7, 11) is -1.23. The van der Waals surface area contributed by atoms with Crippen LogP contribution in [0.2, 0.25) is 0 Å². The lowest BCUT2D eigenvalue weighted by molar-refractivity contribution is 0.0481. The number of nitrogens with zero attached hydrogens (tertiary/aromatic N) is 2. The summed E-state index contributed by atoms with van der Waals surface area (Å²) in [6.45, 7) is 3.80. The van der Waals surface area contributed by atoms with Gasteiger partial charge in [-0.2, -0.15) is 0 Å². The van der Waals surface area contributed by atoms with Gasteiger partial charge in [0, 0.05) is 41.6 Å². The predicted octanol–water partition coefficient (Wildman–Crippen LogP) is 3.35. The largest absolute Gasteiger partial charge is 0.376 e. The second-order valence-corrected chi connectivity index (χ2v) is 9.51. The monoisotopic (exact) mass is 389 g/mol. The molecule has 1 N–H and O–H groups in total. The van der Waals surface area contributed by atoms with Crippen molar-refractivity contribution in [1.82, 2.24) is 15.1 Å². The molecule has 144 valence electrons. The normalized spacial score (nSPS) is 18.8. The summed E-state index contributed by atoms with van der Waals surface area (Å²) >= 11 is 0. The number of aromatic amines is 1. The minimum atomic E-state index is -2.91. The summed E-state index contributed by atoms with van der Waals surface area (Å²) in [5.41, 5.74) is 4.52. The van der Waals surface area contributed by atoms with E-state index in [2.05, 4.69) is 21.2 Å². The first-order valence-corrected chi connectivity index (χ1v) is 10.8. The molecule has 0 amide bonds. The molecule has 7 nitrogen and oxygen atoms in total. The minimum absolute atomic E-state index is 0.167. The van der Waals surface area contributed by atoms with E-state index in [1.807, 2.05) is 26.2 Å². The summed E-state index contributed by atoms with van der Waals surface area (Å²) in [4.78, 5) is 7.76. The summed E-state index contributed by atoms with van der Waals surface area (Å²) in [5, 5.41) is 5.01. The van der Waals surface area contributed by atoms with Crippen LogP contribution in [0, 0.1) is 19.8 Å². The van der Waals surface area contributed by atoms with Crippen LogP contribution in [0.4, 0.5) is 0 Å². The van der Waals surface area contributed by atoms with E-state index >= 15 is 0 Å². The van der Waals surface area contributed by atoms with Gasteiger partial charge < -0.3 is 14.2 Å². The second kappa shape index (κ2) is 6.76. The third-order valence-corrected chi connectivity index (χ3v) is 7.19. The van der Waals surface area contributed by atoms with E-state index in [-0.39, 0.29) is 23.5 Å². The van der Waals surface area contributed by atoms with E-state index in [0.717, 1.165) is 39.2 Å². The highest BCUT2D eigenvalue weighted by Crippen LogP contribution is 2.38. The Bertz CT molecular complexity index is 1050. The average Bonchev–Trinajstić information content (AvgIpc) is 3.20. The van der Waals surface area contributed by atoms with E-state index < -0.39 is 9.84 Å². The van der Waals surface area contributed by atoms with E-state index in [0.29, 0.717) is 12.8 Å². The Kier molecular flexibility index (Phi) is 4.55. The van der Waals surface area contributed by atoms with Gasteiger partial charge in [0.25, 0.3) is 0 Å². The number of nitrogens with one attached hydrogen (secondary N) is 1. The molecule has 0 saturated carbocycles. The van der Waals surface area contributed by atoms with Crippen molar-refractivity contribution < 1.29 is 17.7 Å². The zero-order valence-electron chi connectivity index (χ0n) is 15.7. The quantitative estimate of drug-likeness (QED) is 0.735. The fourth-order valence-electron chi connectivity index (χ4n) is 4.08. The molecule has 8 heteroatoms. The Morgan fingerprint density at radius 3 is 2.67 bits per heavy atom. The number of ether oxygens (including phenoxy) is 1. The number of sulfone groups is 1. The summed E-state index contributed by atoms with van der Waals surface area (Å²) in [6, 6.07) is 2.08. The Morgan fingerprint density at radius 1 is 1.30 bits per heavy atom. The number of hydrogen-bond acceptors (Lipinski definition) is 6. The SMILES string of the molecule is COC(c1c[nH]c2ncc(-c3c(C)noc3C)cc12)C1CCS(=O)(=O)CC1. The molecule has 1 aliphatic rings. The maximum absolute atomic E-state index is 11.8. The van der Waals surface area contributed by atoms with Crippen LogP contribution in [0.1, 0.15) is 36.0 Å². The lowest BCUT2D eigenvalue weighted by Crippen LogP contribution is -2.28. The number of fused-ring (bicyclic) bond motifs is 1. The number of aryl methyl sites for hydroxylation is 2. The number of aromatic nitrogens is 3. The molecule has 0 aromatic carbocycles. The summed E-state index contributed by atoms with van der Waals surface area (Å²) < 4.78 is 34.7. The minimum Gasteiger partial charge on any atom is -0.376 e. The summed E-state index contributed by atoms with van der Waals surface area (Å²) in [5.74, 6) is 1.37. The van der Waals surface area contributed by atoms with Crippen molar-refractivity contribution in [2.45, 2.75) is 32.8 Å². The van der Waals surface area contributed by atoms with Crippen molar-refractivity contribution in [2.75, 3.05) is 18.6 Å². The van der Waals surface area contributed by atoms with Gasteiger partial charge in [0.1, 0.15) is 21.2 Å². The molecule has 0 bridgehead atoms. The zero-order chi connectivity index (χ0) is 19.2. The Morgan fingerprint density at radius 2 is 2.04 bits per heavy atom. The highest BCUT2D eigenvalue weighted by Gasteiger charge is 2.32. The van der Waals surface area contributed by atoms with Gasteiger partial charge in [0.2, 0.25) is 0 Å². The molecule has 1 saturated heterocycles. The van der Waals surface area contributed by atoms with Crippen molar-refractivity contribution >= 4 is 20.9 Å². The van der Waals surface area contributed by atoms with E-state index in [4.69, 9.17) is 9.26 Å². The predicted molar refractivity (Wildman–Crippen MR) is 102 cm³/mol. The number of H-pyrrole nitrogens is 1. The van der Waals surface area contributed by atoms with Crippen molar-refractivity contribution in [3.8, 4) is 11.1 Å². The van der Waals surface area contributed by atoms with Crippen LogP contribution < -0.4 is 0 Å². The smallest absolute Gasteiger partial charge is 0.150 e. The lowest BCUT2D eigenvalue weighted by atomic mass is 9.90. The van der Waals surface area contributed by atoms with E-state index in [1.165, 1.54) is 0 Å². The van der Waals surface area contributed by atoms with Gasteiger partial charge in [-0.3, -0.25) is 0 Å². The topological polar surface area (TPSA) is 98.1 Å². The molecule has 3 aromatic heterocycles. The molecule has 1 fully saturated rings. The van der Waals surface area contributed by atoms with Crippen molar-refractivity contribution in [1.29, 1.82) is 0 Å². The first kappa shape index (κ1) is 18.2. The molecule has 4 heterocycles. The van der Waals surface area contributed by atoms with Crippen LogP contribution in [0.3, 0.4) is 0 Å². The van der Waals surface area contributed by atoms with E-state index in [1.54, 1.807) is 7.11 Å². The molecule has 0 aliphatic carbocycles. The van der Waals surface area contributed by atoms with Gasteiger partial charge in [0.05, 0.1) is 23.3 Å². The number of hydrogen-bond donors (Lipinski definition) is 1. The zero-order valence-corrected chi connectivity index (χ0v) is 16.5. The molecule has 1 unspecified atom stereocenters. The highest BCUT2D eigenvalue weighted by molar-refractivity contribution is 7.91. The fourth-order valence-corrected chi connectivity index (χ4v) is 5.60. The molecule has 3 aromatic rings. The number of rotatable bonds is 4. The van der Waals surface area contributed by atoms with Gasteiger partial charge in [-0.25, -0.2) is 13.4 Å². The van der Waals surface area contributed by atoms with Crippen LogP contribution in [0.15, 0.2) is 23.0 Å². The van der Waals surface area contributed by atoms with Crippen molar-refractivity contribution in [3.05, 3.63) is 35.5 Å². The number of pyridine rings is 1. The molecular formula is C19H23N3O4S. The maximum Gasteiger partial charge on any atom is 0.150 e. The first-order valence-electron chi connectivity index (χ1n) is 9.03. The van der Waals surface area contributed by atoms with Gasteiger partial charge in [-0.1, -0.05) is 5.16 Å². The standard InChI is InChI=1S/C19H23N3O4S/c1-11-17(12(2)26-22-11)14-8-15-16(10-21-19(15)20-9-14)18(25-3)13-4-6-27(23,24)7-5-13/h8-10,13,18H,4-7H2,1-3H3,(H,20,21). The Hall–Kier alpha value is -2.19. The van der Waals surface area contributed by atoms with Crippen molar-refractivity contribution in [2.24, 2.45) is 5.92 Å². The van der Waals surface area contributed by atoms with Gasteiger partial charge in [0.15, 0.2) is 0 Å². The molecule has 27 heavy (non-hydrogen) atoms. The van der Waals surface area contributed by atoms with Crippen molar-refractivity contribution in [3.63, 3.8) is 0 Å². The maximum atomic E-state index is 11.8. The molecule has 1 aliphatic heterocycles. The fraction of sp³-hybridized carbons (Fsp3) is 0.474. The third-order valence-electron chi connectivity index (χ3n) is 5.47. The number of methoxy groups -OCH3 is 1. The molecule has 0 radical (unpaired) electrons. The lowest BCUT2D eigenvalue weighted by Gasteiger charge is -2.29. The Balaban J connectivity index is 1.74. The molecule has 4 rings (SSSR count). The van der Waals surface area contributed by atoms with Gasteiger partial charge in [-0.15, -0.1) is 0 Å². The molecular weight excluding hydrogens is 366 g/mol. The van der Waals surface area contributed by atoms with E-state index in [9.17, 15) is 8.42 Å². The molecule has 1 atom stereocenters. The van der Waals surface area contributed by atoms with Gasteiger partial charge >= 0.3 is 0 Å². The van der Waals surface area contributed by atoms with Crippen LogP contribution in [0.25, 0.3) is 22.2 Å². The average molecular weight is 389 g/mol. The Labute approximate surface area is 158 Å². The van der Waals surface area contributed by atoms with Gasteiger partial charge in [-0.05, 0) is 38.7 Å². The molecule has 0 spiro atoms. The van der Waals surface area contributed by atoms with Crippen LogP contribution in [-0.4, -0.2) is 42.2 Å². The van der Waals surface area contributed by atoms with Crippen LogP contribution in [0.5, 0.6) is 0 Å². The van der Waals surface area contributed by atoms with Crippen LogP contribution in [-0.2, 0) is 14.6 Å². The summed E-state index contributed by atoms with van der Waals surface area (Å²) in [6.07, 6.45) is 4.79. The van der Waals surface area contributed by atoms with Crippen LogP contribution >= 0.6 is 0 Å².